The van der Waals surface area contributed by atoms with Gasteiger partial charge in [0.05, 0.1) is 25.0 Å². The van der Waals surface area contributed by atoms with Crippen molar-refractivity contribution in [1.29, 1.82) is 0 Å². The molecular weight excluding hydrogens is 342 g/mol. The first kappa shape index (κ1) is 18.0. The summed E-state index contributed by atoms with van der Waals surface area (Å²) in [5, 5.41) is 10.6. The molecule has 2 heterocycles. The molecule has 1 saturated carbocycles. The minimum absolute atomic E-state index is 0.113. The Labute approximate surface area is 159 Å². The molecule has 1 amide bonds. The van der Waals surface area contributed by atoms with E-state index >= 15 is 0 Å². The van der Waals surface area contributed by atoms with Crippen molar-refractivity contribution in [3.05, 3.63) is 35.7 Å². The predicted molar refractivity (Wildman–Crippen MR) is 102 cm³/mol. The van der Waals surface area contributed by atoms with Crippen molar-refractivity contribution in [1.82, 2.24) is 14.9 Å². The Bertz CT molecular complexity index is 811. The molecule has 0 spiro atoms. The number of methoxy groups -OCH3 is 1. The summed E-state index contributed by atoms with van der Waals surface area (Å²) in [5.41, 5.74) is 2.93. The molecule has 1 aromatic carbocycles. The molecule has 0 unspecified atom stereocenters. The van der Waals surface area contributed by atoms with Crippen LogP contribution >= 0.6 is 0 Å². The number of nitrogens with zero attached hydrogens (tertiary/aromatic N) is 2. The number of fused-ring (bicyclic) bond motifs is 1. The van der Waals surface area contributed by atoms with Crippen LogP contribution in [0.5, 0.6) is 5.75 Å². The molecule has 1 fully saturated rings. The van der Waals surface area contributed by atoms with Crippen molar-refractivity contribution >= 4 is 5.91 Å². The third-order valence-corrected chi connectivity index (χ3v) is 5.84. The van der Waals surface area contributed by atoms with Gasteiger partial charge in [-0.15, -0.1) is 0 Å². The van der Waals surface area contributed by atoms with Crippen LogP contribution in [0.1, 0.15) is 43.5 Å². The molecule has 1 atom stereocenters. The van der Waals surface area contributed by atoms with Crippen molar-refractivity contribution in [2.75, 3.05) is 13.7 Å². The number of aliphatic hydroxyl groups is 1. The largest absolute Gasteiger partial charge is 0.497 e. The lowest BCUT2D eigenvalue weighted by molar-refractivity contribution is -0.144. The fourth-order valence-corrected chi connectivity index (χ4v) is 4.23. The van der Waals surface area contributed by atoms with E-state index in [0.29, 0.717) is 19.5 Å². The maximum absolute atomic E-state index is 12.8. The summed E-state index contributed by atoms with van der Waals surface area (Å²) in [6, 6.07) is 7.77. The quantitative estimate of drug-likeness (QED) is 0.869. The van der Waals surface area contributed by atoms with E-state index in [2.05, 4.69) is 4.98 Å². The number of amides is 1. The molecule has 2 aromatic rings. The van der Waals surface area contributed by atoms with Gasteiger partial charge in [0.1, 0.15) is 17.7 Å². The molecular formula is C21H27N3O3. The molecule has 1 aliphatic heterocycles. The standard InChI is InChI=1S/C21H27N3O3/c1-27-16-9-5-8-15(12-16)20-22-17-10-11-24(13-18(17)23-20)21(26)19(25)14-6-3-2-4-7-14/h5,8-9,12,14,19,25H,2-4,6-7,10-11,13H2,1H3,(H,22,23)/t19-/m1/s1. The summed E-state index contributed by atoms with van der Waals surface area (Å²) in [5.74, 6) is 1.56. The first-order valence-corrected chi connectivity index (χ1v) is 9.84. The number of hydrogen-bond acceptors (Lipinski definition) is 4. The third-order valence-electron chi connectivity index (χ3n) is 5.84. The Morgan fingerprint density at radius 3 is 2.93 bits per heavy atom. The second-order valence-electron chi connectivity index (χ2n) is 7.60. The van der Waals surface area contributed by atoms with Gasteiger partial charge in [-0.3, -0.25) is 4.79 Å². The van der Waals surface area contributed by atoms with E-state index in [9.17, 15) is 9.90 Å². The van der Waals surface area contributed by atoms with Gasteiger partial charge in [-0.05, 0) is 30.9 Å². The zero-order valence-electron chi connectivity index (χ0n) is 15.8. The number of H-pyrrole nitrogens is 1. The lowest BCUT2D eigenvalue weighted by Gasteiger charge is -2.32. The number of hydrogen-bond donors (Lipinski definition) is 2. The van der Waals surface area contributed by atoms with Crippen LogP contribution in [0.2, 0.25) is 0 Å². The molecule has 0 saturated heterocycles. The summed E-state index contributed by atoms with van der Waals surface area (Å²) >= 11 is 0. The van der Waals surface area contributed by atoms with E-state index in [4.69, 9.17) is 9.72 Å². The zero-order valence-corrected chi connectivity index (χ0v) is 15.8. The van der Waals surface area contributed by atoms with Crippen LogP contribution in [0.4, 0.5) is 0 Å². The number of aromatic amines is 1. The van der Waals surface area contributed by atoms with Crippen molar-refractivity contribution in [3.8, 4) is 17.1 Å². The molecule has 6 nitrogen and oxygen atoms in total. The van der Waals surface area contributed by atoms with Crippen LogP contribution in [-0.4, -0.2) is 45.6 Å². The predicted octanol–water partition coefficient (Wildman–Crippen LogP) is 2.91. The third kappa shape index (κ3) is 3.72. The molecule has 1 aromatic heterocycles. The SMILES string of the molecule is COc1cccc(-c2nc3c([nH]2)CN(C(=O)[C@H](O)C2CCCCC2)CC3)c1. The summed E-state index contributed by atoms with van der Waals surface area (Å²) in [6.45, 7) is 1.09. The van der Waals surface area contributed by atoms with Crippen molar-refractivity contribution in [2.45, 2.75) is 51.2 Å². The molecule has 0 radical (unpaired) electrons. The Morgan fingerprint density at radius 2 is 2.15 bits per heavy atom. The van der Waals surface area contributed by atoms with Gasteiger partial charge in [-0.25, -0.2) is 4.98 Å². The van der Waals surface area contributed by atoms with E-state index in [-0.39, 0.29) is 11.8 Å². The van der Waals surface area contributed by atoms with Crippen LogP contribution in [0.25, 0.3) is 11.4 Å². The molecule has 6 heteroatoms. The highest BCUT2D eigenvalue weighted by Crippen LogP contribution is 2.29. The molecule has 1 aliphatic carbocycles. The van der Waals surface area contributed by atoms with Crippen LogP contribution in [-0.2, 0) is 17.8 Å². The fraction of sp³-hybridized carbons (Fsp3) is 0.524. The molecule has 27 heavy (non-hydrogen) atoms. The van der Waals surface area contributed by atoms with Crippen LogP contribution in [0, 0.1) is 5.92 Å². The number of carbonyl (C=O) groups is 1. The zero-order chi connectivity index (χ0) is 18.8. The first-order chi connectivity index (χ1) is 13.2. The number of aliphatic hydroxyl groups excluding tert-OH is 1. The number of imidazole rings is 1. The summed E-state index contributed by atoms with van der Waals surface area (Å²) in [7, 11) is 1.65. The van der Waals surface area contributed by atoms with Gasteiger partial charge in [0, 0.05) is 18.5 Å². The highest BCUT2D eigenvalue weighted by Gasteiger charge is 2.33. The molecule has 4 rings (SSSR count). The number of ether oxygens (including phenoxy) is 1. The maximum atomic E-state index is 12.8. The number of rotatable bonds is 4. The lowest BCUT2D eigenvalue weighted by Crippen LogP contribution is -2.45. The van der Waals surface area contributed by atoms with E-state index in [1.54, 1.807) is 12.0 Å². The van der Waals surface area contributed by atoms with Crippen LogP contribution in [0.15, 0.2) is 24.3 Å². The van der Waals surface area contributed by atoms with Gasteiger partial charge >= 0.3 is 0 Å². The molecule has 2 N–H and O–H groups in total. The second kappa shape index (κ2) is 7.72. The lowest BCUT2D eigenvalue weighted by atomic mass is 9.84. The minimum Gasteiger partial charge on any atom is -0.497 e. The first-order valence-electron chi connectivity index (χ1n) is 9.84. The second-order valence-corrected chi connectivity index (χ2v) is 7.60. The Balaban J connectivity index is 1.48. The summed E-state index contributed by atoms with van der Waals surface area (Å²) < 4.78 is 5.29. The van der Waals surface area contributed by atoms with Crippen molar-refractivity contribution in [3.63, 3.8) is 0 Å². The number of carbonyl (C=O) groups excluding carboxylic acids is 1. The Hall–Kier alpha value is -2.34. The fourth-order valence-electron chi connectivity index (χ4n) is 4.23. The van der Waals surface area contributed by atoms with E-state index in [1.807, 2.05) is 24.3 Å². The van der Waals surface area contributed by atoms with Crippen molar-refractivity contribution < 1.29 is 14.6 Å². The van der Waals surface area contributed by atoms with Gasteiger partial charge in [-0.1, -0.05) is 31.4 Å². The highest BCUT2D eigenvalue weighted by atomic mass is 16.5. The van der Waals surface area contributed by atoms with Gasteiger partial charge in [0.25, 0.3) is 5.91 Å². The highest BCUT2D eigenvalue weighted by molar-refractivity contribution is 5.81. The van der Waals surface area contributed by atoms with Gasteiger partial charge in [0.15, 0.2) is 0 Å². The van der Waals surface area contributed by atoms with Gasteiger partial charge in [0.2, 0.25) is 0 Å². The van der Waals surface area contributed by atoms with E-state index < -0.39 is 6.10 Å². The minimum atomic E-state index is -0.868. The van der Waals surface area contributed by atoms with Gasteiger partial charge in [-0.2, -0.15) is 0 Å². The monoisotopic (exact) mass is 369 g/mol. The van der Waals surface area contributed by atoms with Gasteiger partial charge < -0.3 is 19.7 Å². The van der Waals surface area contributed by atoms with E-state index in [1.165, 1.54) is 6.42 Å². The Morgan fingerprint density at radius 1 is 1.33 bits per heavy atom. The van der Waals surface area contributed by atoms with Crippen molar-refractivity contribution in [2.24, 2.45) is 5.92 Å². The average molecular weight is 369 g/mol. The summed E-state index contributed by atoms with van der Waals surface area (Å²) in [6.07, 6.45) is 5.19. The Kier molecular flexibility index (Phi) is 5.16. The topological polar surface area (TPSA) is 78.5 Å². The number of benzene rings is 1. The summed E-state index contributed by atoms with van der Waals surface area (Å²) in [4.78, 5) is 22.6. The molecule has 144 valence electrons. The number of aromatic nitrogens is 2. The average Bonchev–Trinajstić information content (AvgIpc) is 3.17. The van der Waals surface area contributed by atoms with Crippen LogP contribution in [0.3, 0.4) is 0 Å². The smallest absolute Gasteiger partial charge is 0.252 e. The molecule has 2 aliphatic rings. The van der Waals surface area contributed by atoms with E-state index in [0.717, 1.165) is 54.2 Å². The maximum Gasteiger partial charge on any atom is 0.252 e. The molecule has 0 bridgehead atoms. The normalized spacial score (nSPS) is 18.8. The van der Waals surface area contributed by atoms with Crippen LogP contribution < -0.4 is 4.74 Å². The number of nitrogens with one attached hydrogen (secondary N) is 1.